The molecule has 2 atom stereocenters. The third kappa shape index (κ3) is 2.32. The second-order valence-electron chi connectivity index (χ2n) is 5.31. The minimum absolute atomic E-state index is 0.0402. The molecule has 1 saturated heterocycles. The number of nitrogens with zero attached hydrogens (tertiary/aromatic N) is 2. The second kappa shape index (κ2) is 4.64. The van der Waals surface area contributed by atoms with Gasteiger partial charge in [-0.15, -0.1) is 0 Å². The molecule has 2 unspecified atom stereocenters. The van der Waals surface area contributed by atoms with Crippen LogP contribution >= 0.6 is 0 Å². The quantitative estimate of drug-likeness (QED) is 0.876. The van der Waals surface area contributed by atoms with Crippen molar-refractivity contribution in [2.75, 3.05) is 6.54 Å². The van der Waals surface area contributed by atoms with Crippen LogP contribution in [0.1, 0.15) is 31.4 Å². The lowest BCUT2D eigenvalue weighted by molar-refractivity contribution is -0.147. The first kappa shape index (κ1) is 12.1. The number of hydrogen-bond donors (Lipinski definition) is 1. The van der Waals surface area contributed by atoms with Gasteiger partial charge in [0.1, 0.15) is 12.6 Å². The van der Waals surface area contributed by atoms with E-state index in [1.807, 2.05) is 19.1 Å². The summed E-state index contributed by atoms with van der Waals surface area (Å²) in [4.78, 5) is 30.0. The monoisotopic (exact) mass is 259 g/mol. The Morgan fingerprint density at radius 1 is 1.42 bits per heavy atom. The fourth-order valence-electron chi connectivity index (χ4n) is 2.57. The molecule has 0 aromatic carbocycles. The van der Waals surface area contributed by atoms with Crippen LogP contribution in [0.25, 0.3) is 0 Å². The summed E-state index contributed by atoms with van der Waals surface area (Å²) >= 11 is 0. The number of amides is 2. The van der Waals surface area contributed by atoms with E-state index in [2.05, 4.69) is 10.3 Å². The van der Waals surface area contributed by atoms with Crippen molar-refractivity contribution >= 4 is 11.8 Å². The Bertz CT molecular complexity index is 499. The maximum atomic E-state index is 12.5. The lowest BCUT2D eigenvalue weighted by atomic mass is 10.0. The Balaban J connectivity index is 1.82. The fourth-order valence-corrected chi connectivity index (χ4v) is 2.57. The first-order chi connectivity index (χ1) is 9.16. The highest BCUT2D eigenvalue weighted by Gasteiger charge is 2.43. The average Bonchev–Trinajstić information content (AvgIpc) is 3.25. The van der Waals surface area contributed by atoms with Crippen LogP contribution in [0.3, 0.4) is 0 Å². The maximum absolute atomic E-state index is 12.5. The molecule has 0 radical (unpaired) electrons. The third-order valence-corrected chi connectivity index (χ3v) is 3.91. The van der Waals surface area contributed by atoms with Gasteiger partial charge in [-0.05, 0) is 37.3 Å². The number of nitrogens with one attached hydrogen (secondary N) is 1. The zero-order valence-electron chi connectivity index (χ0n) is 10.9. The highest BCUT2D eigenvalue weighted by molar-refractivity contribution is 5.95. The Kier molecular flexibility index (Phi) is 2.97. The molecule has 1 aliphatic carbocycles. The molecule has 1 aromatic rings. The first-order valence-electron chi connectivity index (χ1n) is 6.66. The summed E-state index contributed by atoms with van der Waals surface area (Å²) in [6.45, 7) is 2.08. The fraction of sp³-hybridized carbons (Fsp3) is 0.500. The highest BCUT2D eigenvalue weighted by Crippen LogP contribution is 2.35. The summed E-state index contributed by atoms with van der Waals surface area (Å²) < 4.78 is 0. The van der Waals surface area contributed by atoms with Gasteiger partial charge >= 0.3 is 0 Å². The molecule has 0 spiro atoms. The molecule has 2 amide bonds. The third-order valence-electron chi connectivity index (χ3n) is 3.91. The molecule has 3 rings (SSSR count). The van der Waals surface area contributed by atoms with Crippen LogP contribution in [0.5, 0.6) is 0 Å². The van der Waals surface area contributed by atoms with Crippen LogP contribution in [0, 0.1) is 5.92 Å². The Morgan fingerprint density at radius 3 is 2.84 bits per heavy atom. The Hall–Kier alpha value is -1.91. The van der Waals surface area contributed by atoms with Crippen LogP contribution in [-0.2, 0) is 9.59 Å². The van der Waals surface area contributed by atoms with Gasteiger partial charge in [-0.1, -0.05) is 6.07 Å². The van der Waals surface area contributed by atoms with Crippen molar-refractivity contribution in [1.29, 1.82) is 0 Å². The molecule has 19 heavy (non-hydrogen) atoms. The van der Waals surface area contributed by atoms with Gasteiger partial charge in [0.05, 0.1) is 6.04 Å². The number of aromatic nitrogens is 1. The number of pyridine rings is 1. The maximum Gasteiger partial charge on any atom is 0.246 e. The summed E-state index contributed by atoms with van der Waals surface area (Å²) in [7, 11) is 0. The molecular weight excluding hydrogens is 242 g/mol. The molecule has 2 aliphatic rings. The smallest absolute Gasteiger partial charge is 0.246 e. The van der Waals surface area contributed by atoms with E-state index in [-0.39, 0.29) is 30.4 Å². The number of carbonyl (C=O) groups is 2. The molecule has 0 bridgehead atoms. The van der Waals surface area contributed by atoms with E-state index in [1.165, 1.54) is 0 Å². The van der Waals surface area contributed by atoms with Crippen molar-refractivity contribution in [3.63, 3.8) is 0 Å². The molecule has 5 heteroatoms. The van der Waals surface area contributed by atoms with E-state index >= 15 is 0 Å². The predicted octanol–water partition coefficient (Wildman–Crippen LogP) is 0.880. The number of piperazine rings is 1. The van der Waals surface area contributed by atoms with Gasteiger partial charge in [-0.2, -0.15) is 0 Å². The van der Waals surface area contributed by atoms with E-state index in [4.69, 9.17) is 0 Å². The largest absolute Gasteiger partial charge is 0.342 e. The Labute approximate surface area is 112 Å². The van der Waals surface area contributed by atoms with Gasteiger partial charge in [0.2, 0.25) is 11.8 Å². The number of rotatable bonds is 3. The van der Waals surface area contributed by atoms with Crippen LogP contribution in [-0.4, -0.2) is 34.3 Å². The summed E-state index contributed by atoms with van der Waals surface area (Å²) in [5.74, 6) is 0.311. The van der Waals surface area contributed by atoms with Gasteiger partial charge < -0.3 is 10.2 Å². The zero-order chi connectivity index (χ0) is 13.4. The van der Waals surface area contributed by atoms with E-state index in [1.54, 1.807) is 17.3 Å². The van der Waals surface area contributed by atoms with Gasteiger partial charge in [0.15, 0.2) is 0 Å². The van der Waals surface area contributed by atoms with Crippen molar-refractivity contribution in [2.45, 2.75) is 31.8 Å². The van der Waals surface area contributed by atoms with Gasteiger partial charge in [-0.3, -0.25) is 14.6 Å². The first-order valence-corrected chi connectivity index (χ1v) is 6.66. The summed E-state index contributed by atoms with van der Waals surface area (Å²) in [6, 6.07) is 3.34. The average molecular weight is 259 g/mol. The van der Waals surface area contributed by atoms with Crippen LogP contribution in [0.15, 0.2) is 24.5 Å². The van der Waals surface area contributed by atoms with Crippen LogP contribution < -0.4 is 5.32 Å². The number of carbonyl (C=O) groups excluding carboxylic acids is 2. The molecule has 2 heterocycles. The van der Waals surface area contributed by atoms with Crippen LogP contribution in [0.2, 0.25) is 0 Å². The van der Waals surface area contributed by atoms with Crippen LogP contribution in [0.4, 0.5) is 0 Å². The molecular formula is C14H17N3O2. The highest BCUT2D eigenvalue weighted by atomic mass is 16.2. The molecule has 100 valence electrons. The normalized spacial score (nSPS) is 25.1. The van der Waals surface area contributed by atoms with Crippen molar-refractivity contribution in [2.24, 2.45) is 5.92 Å². The summed E-state index contributed by atoms with van der Waals surface area (Å²) in [6.07, 6.45) is 5.52. The van der Waals surface area contributed by atoms with Crippen molar-refractivity contribution in [3.05, 3.63) is 30.1 Å². The lowest BCUT2D eigenvalue weighted by Crippen LogP contribution is -2.59. The molecule has 1 aromatic heterocycles. The van der Waals surface area contributed by atoms with E-state index < -0.39 is 0 Å². The molecule has 5 nitrogen and oxygen atoms in total. The second-order valence-corrected chi connectivity index (χ2v) is 5.31. The molecule has 1 aliphatic heterocycles. The van der Waals surface area contributed by atoms with Crippen molar-refractivity contribution in [3.8, 4) is 0 Å². The zero-order valence-corrected chi connectivity index (χ0v) is 10.9. The van der Waals surface area contributed by atoms with Gasteiger partial charge in [0, 0.05) is 12.4 Å². The van der Waals surface area contributed by atoms with E-state index in [9.17, 15) is 9.59 Å². The molecule has 2 fully saturated rings. The van der Waals surface area contributed by atoms with Gasteiger partial charge in [-0.25, -0.2) is 0 Å². The topological polar surface area (TPSA) is 62.3 Å². The van der Waals surface area contributed by atoms with E-state index in [0.717, 1.165) is 18.4 Å². The van der Waals surface area contributed by atoms with Gasteiger partial charge in [0.25, 0.3) is 0 Å². The number of hydrogen-bond acceptors (Lipinski definition) is 3. The minimum atomic E-state index is -0.319. The van der Waals surface area contributed by atoms with E-state index in [0.29, 0.717) is 5.92 Å². The summed E-state index contributed by atoms with van der Waals surface area (Å²) in [5.41, 5.74) is 0.958. The standard InChI is InChI=1S/C14H17N3O2/c1-9(11-3-2-6-15-7-11)17-8-12(18)16-13(14(17)19)10-4-5-10/h2-3,6-7,9-10,13H,4-5,8H2,1H3,(H,16,18). The Morgan fingerprint density at radius 2 is 2.21 bits per heavy atom. The summed E-state index contributed by atoms with van der Waals surface area (Å²) in [5, 5.41) is 2.82. The minimum Gasteiger partial charge on any atom is -0.342 e. The lowest BCUT2D eigenvalue weighted by Gasteiger charge is -2.36. The molecule has 1 saturated carbocycles. The van der Waals surface area contributed by atoms with Crippen molar-refractivity contribution in [1.82, 2.24) is 15.2 Å². The predicted molar refractivity (Wildman–Crippen MR) is 69.0 cm³/mol. The molecule has 1 N–H and O–H groups in total. The van der Waals surface area contributed by atoms with Crippen molar-refractivity contribution < 1.29 is 9.59 Å². The SMILES string of the molecule is CC(c1cccnc1)N1CC(=O)NC(C2CC2)C1=O.